The van der Waals surface area contributed by atoms with Crippen LogP contribution in [0, 0.1) is 6.92 Å². The average molecular weight is 877 g/mol. The van der Waals surface area contributed by atoms with E-state index in [2.05, 4.69) is 160 Å². The van der Waals surface area contributed by atoms with Crippen molar-refractivity contribution in [3.05, 3.63) is 200 Å². The van der Waals surface area contributed by atoms with Crippen molar-refractivity contribution in [3.8, 4) is 55.6 Å². The minimum atomic E-state index is -0.109. The van der Waals surface area contributed by atoms with Gasteiger partial charge < -0.3 is 8.83 Å². The summed E-state index contributed by atoms with van der Waals surface area (Å²) in [6.07, 6.45) is 0. The number of rotatable bonds is 5. The number of aryl methyl sites for hydroxylation is 1. The summed E-state index contributed by atoms with van der Waals surface area (Å²) in [5, 5.41) is 1.97. The Morgan fingerprint density at radius 1 is 0.299 bits per heavy atom. The molecule has 2 aromatic heterocycles. The van der Waals surface area contributed by atoms with Gasteiger partial charge in [-0.05, 0) is 144 Å². The van der Waals surface area contributed by atoms with E-state index in [0.29, 0.717) is 43.9 Å². The maximum atomic E-state index is 14.6. The van der Waals surface area contributed by atoms with Gasteiger partial charge >= 0.3 is 0 Å². The van der Waals surface area contributed by atoms with Crippen LogP contribution in [-0.2, 0) is 16.2 Å². The zero-order valence-corrected chi connectivity index (χ0v) is 40.1. The Balaban J connectivity index is 1.06. The lowest BCUT2D eigenvalue weighted by Gasteiger charge is -2.23. The summed E-state index contributed by atoms with van der Waals surface area (Å²) >= 11 is 0. The van der Waals surface area contributed by atoms with Gasteiger partial charge in [-0.25, -0.2) is 0 Å². The third kappa shape index (κ3) is 8.09. The molecule has 0 aliphatic carbocycles. The predicted molar refractivity (Wildman–Crippen MR) is 282 cm³/mol. The van der Waals surface area contributed by atoms with E-state index in [1.807, 2.05) is 66.7 Å². The maximum Gasteiger partial charge on any atom is 0.200 e. The van der Waals surface area contributed by atoms with Crippen LogP contribution < -0.4 is 10.9 Å². The van der Waals surface area contributed by atoms with Crippen molar-refractivity contribution < 1.29 is 8.83 Å². The molecule has 0 aliphatic rings. The van der Waals surface area contributed by atoms with Crippen LogP contribution in [0.2, 0.25) is 0 Å². The van der Waals surface area contributed by atoms with E-state index in [0.717, 1.165) is 55.6 Å². The van der Waals surface area contributed by atoms with Gasteiger partial charge in [0.05, 0.1) is 21.5 Å². The fraction of sp³-hybridized carbons (Fsp3) is 0.206. The SMILES string of the molecule is Cc1ccc(-c2ccc(C(C)(C)C)cc2-c2ccc3oc4ccc(-c5ccc6oc7ccc(-c8cc(C(C)(C)C)ccc8-c8ccc(C(C)(C)C)cc8)cc7c(=O)c6c5)cc4c(=O)c3c2)cc1. The van der Waals surface area contributed by atoms with Gasteiger partial charge in [-0.3, -0.25) is 9.59 Å². The van der Waals surface area contributed by atoms with Crippen LogP contribution in [0.4, 0.5) is 0 Å². The van der Waals surface area contributed by atoms with Gasteiger partial charge in [-0.15, -0.1) is 0 Å². The second-order valence-corrected chi connectivity index (χ2v) is 21.4. The molecule has 0 amide bonds. The van der Waals surface area contributed by atoms with Gasteiger partial charge in [0.25, 0.3) is 0 Å². The Hall–Kier alpha value is -7.30. The van der Waals surface area contributed by atoms with Crippen molar-refractivity contribution in [2.24, 2.45) is 0 Å². The molecule has 0 aliphatic heterocycles. The highest BCUT2D eigenvalue weighted by Crippen LogP contribution is 2.40. The summed E-state index contributed by atoms with van der Waals surface area (Å²) in [5.41, 5.74) is 16.7. The molecule has 0 bridgehead atoms. The molecule has 2 heterocycles. The van der Waals surface area contributed by atoms with E-state index in [-0.39, 0.29) is 27.1 Å². The number of fused-ring (bicyclic) bond motifs is 4. The Morgan fingerprint density at radius 3 is 0.955 bits per heavy atom. The first-order chi connectivity index (χ1) is 31.8. The summed E-state index contributed by atoms with van der Waals surface area (Å²) in [6.45, 7) is 22.1. The molecular formula is C63H56O4. The fourth-order valence-corrected chi connectivity index (χ4v) is 9.29. The van der Waals surface area contributed by atoms with Crippen molar-refractivity contribution in [2.45, 2.75) is 85.5 Å². The fourth-order valence-electron chi connectivity index (χ4n) is 9.29. The Bertz CT molecular complexity index is 3710. The van der Waals surface area contributed by atoms with E-state index >= 15 is 0 Å². The second kappa shape index (κ2) is 15.9. The topological polar surface area (TPSA) is 60.4 Å². The van der Waals surface area contributed by atoms with Gasteiger partial charge in [0.2, 0.25) is 10.9 Å². The van der Waals surface area contributed by atoms with Gasteiger partial charge in [0, 0.05) is 0 Å². The molecule has 0 N–H and O–H groups in total. The smallest absolute Gasteiger partial charge is 0.200 e. The zero-order valence-electron chi connectivity index (χ0n) is 40.1. The van der Waals surface area contributed by atoms with Crippen LogP contribution in [0.25, 0.3) is 99.5 Å². The summed E-state index contributed by atoms with van der Waals surface area (Å²) < 4.78 is 12.9. The molecule has 0 saturated carbocycles. The van der Waals surface area contributed by atoms with Crippen molar-refractivity contribution >= 4 is 43.9 Å². The molecule has 4 heteroatoms. The molecular weight excluding hydrogens is 821 g/mol. The van der Waals surface area contributed by atoms with Crippen LogP contribution in [0.3, 0.4) is 0 Å². The van der Waals surface area contributed by atoms with E-state index in [4.69, 9.17) is 8.83 Å². The summed E-state index contributed by atoms with van der Waals surface area (Å²) in [4.78, 5) is 29.2. The summed E-state index contributed by atoms with van der Waals surface area (Å²) in [6, 6.07) is 54.0. The van der Waals surface area contributed by atoms with Crippen LogP contribution in [0.5, 0.6) is 0 Å². The number of hydrogen-bond acceptors (Lipinski definition) is 4. The van der Waals surface area contributed by atoms with Gasteiger partial charge in [-0.2, -0.15) is 0 Å². The quantitative estimate of drug-likeness (QED) is 0.162. The Morgan fingerprint density at radius 2 is 0.597 bits per heavy atom. The maximum absolute atomic E-state index is 14.6. The average Bonchev–Trinajstić information content (AvgIpc) is 3.30. The normalized spacial score (nSPS) is 12.4. The first-order valence-electron chi connectivity index (χ1n) is 23.3. The highest BCUT2D eigenvalue weighted by molar-refractivity contribution is 5.98. The molecule has 0 radical (unpaired) electrons. The van der Waals surface area contributed by atoms with Gasteiger partial charge in [-0.1, -0.05) is 177 Å². The van der Waals surface area contributed by atoms with Crippen LogP contribution in [0.15, 0.2) is 176 Å². The van der Waals surface area contributed by atoms with Crippen LogP contribution in [-0.4, -0.2) is 0 Å². The highest BCUT2D eigenvalue weighted by Gasteiger charge is 2.22. The lowest BCUT2D eigenvalue weighted by atomic mass is 9.82. The number of benzene rings is 8. The third-order valence-electron chi connectivity index (χ3n) is 13.5. The Labute approximate surface area is 392 Å². The van der Waals surface area contributed by atoms with E-state index in [1.165, 1.54) is 22.3 Å². The molecule has 0 atom stereocenters. The van der Waals surface area contributed by atoms with Crippen LogP contribution >= 0.6 is 0 Å². The van der Waals surface area contributed by atoms with Crippen molar-refractivity contribution in [3.63, 3.8) is 0 Å². The molecule has 4 nitrogen and oxygen atoms in total. The van der Waals surface area contributed by atoms with Gasteiger partial charge in [0.1, 0.15) is 22.3 Å². The molecule has 10 rings (SSSR count). The first kappa shape index (κ1) is 43.6. The molecule has 67 heavy (non-hydrogen) atoms. The lowest BCUT2D eigenvalue weighted by molar-refractivity contribution is 0.590. The molecule has 332 valence electrons. The van der Waals surface area contributed by atoms with E-state index < -0.39 is 0 Å². The minimum Gasteiger partial charge on any atom is -0.456 e. The second-order valence-electron chi connectivity index (χ2n) is 21.4. The molecule has 0 unspecified atom stereocenters. The van der Waals surface area contributed by atoms with Crippen molar-refractivity contribution in [1.29, 1.82) is 0 Å². The molecule has 8 aromatic carbocycles. The van der Waals surface area contributed by atoms with Crippen molar-refractivity contribution in [2.75, 3.05) is 0 Å². The standard InChI is InChI=1S/C63H56O4/c1-37-11-13-38(14-12-37)47-25-23-45(62(5,6)7)35-49(47)42-19-29-57-53(33-42)59(64)51-31-40(17-27-55(51)66-57)41-18-28-56-52(32-41)60(65)54-34-43(20-30-58(54)67-56)50-36-46(63(8,9)10)24-26-48(50)39-15-21-44(22-16-39)61(2,3)4/h11-36H,1-10H3. The molecule has 0 saturated heterocycles. The van der Waals surface area contributed by atoms with Crippen molar-refractivity contribution in [1.82, 2.24) is 0 Å². The van der Waals surface area contributed by atoms with E-state index in [9.17, 15) is 9.59 Å². The monoisotopic (exact) mass is 876 g/mol. The lowest BCUT2D eigenvalue weighted by Crippen LogP contribution is -2.11. The van der Waals surface area contributed by atoms with Crippen LogP contribution in [0.1, 0.15) is 84.6 Å². The third-order valence-corrected chi connectivity index (χ3v) is 13.5. The first-order valence-corrected chi connectivity index (χ1v) is 23.3. The highest BCUT2D eigenvalue weighted by atomic mass is 16.3. The summed E-state index contributed by atoms with van der Waals surface area (Å²) in [7, 11) is 0. The predicted octanol–water partition coefficient (Wildman–Crippen LogP) is 16.7. The molecule has 0 fully saturated rings. The number of hydrogen-bond donors (Lipinski definition) is 0. The zero-order chi connectivity index (χ0) is 47.2. The largest absolute Gasteiger partial charge is 0.456 e. The van der Waals surface area contributed by atoms with E-state index in [1.54, 1.807) is 0 Å². The van der Waals surface area contributed by atoms with Gasteiger partial charge in [0.15, 0.2) is 0 Å². The Kier molecular flexibility index (Phi) is 10.4. The molecule has 10 aromatic rings. The summed E-state index contributed by atoms with van der Waals surface area (Å²) in [5.74, 6) is 0. The minimum absolute atomic E-state index is 0.0442. The molecule has 0 spiro atoms.